The number of aryl methyl sites for hydroxylation is 1. The second kappa shape index (κ2) is 3.58. The molecule has 18 heavy (non-hydrogen) atoms. The summed E-state index contributed by atoms with van der Waals surface area (Å²) in [6.07, 6.45) is 0. The lowest BCUT2D eigenvalue weighted by Gasteiger charge is -2.15. The Kier molecular flexibility index (Phi) is 2.24. The van der Waals surface area contributed by atoms with Gasteiger partial charge in [0.25, 0.3) is 0 Å². The van der Waals surface area contributed by atoms with Crippen LogP contribution < -0.4 is 0 Å². The Hall–Kier alpha value is -1.83. The molecule has 3 aromatic rings. The maximum atomic E-state index is 5.51. The maximum Gasteiger partial charge on any atom is 0.168 e. The van der Waals surface area contributed by atoms with Gasteiger partial charge in [-0.05, 0) is 29.3 Å². The van der Waals surface area contributed by atoms with Crippen LogP contribution >= 0.6 is 0 Å². The molecule has 1 heterocycles. The van der Waals surface area contributed by atoms with E-state index in [1.807, 2.05) is 0 Å². The zero-order valence-corrected chi connectivity index (χ0v) is 11.2. The number of aromatic nitrogens is 1. The fourth-order valence-corrected chi connectivity index (χ4v) is 2.49. The fraction of sp³-hybridized carbons (Fsp3) is 0.312. The summed E-state index contributed by atoms with van der Waals surface area (Å²) >= 11 is 0. The summed E-state index contributed by atoms with van der Waals surface area (Å²) in [4.78, 5) is 0. The Morgan fingerprint density at radius 2 is 1.72 bits per heavy atom. The van der Waals surface area contributed by atoms with Crippen molar-refractivity contribution < 1.29 is 4.52 Å². The molecule has 0 amide bonds. The zero-order valence-electron chi connectivity index (χ0n) is 11.2. The van der Waals surface area contributed by atoms with Gasteiger partial charge in [0.15, 0.2) is 5.58 Å². The van der Waals surface area contributed by atoms with Crippen molar-refractivity contribution >= 4 is 21.7 Å². The monoisotopic (exact) mass is 239 g/mol. The van der Waals surface area contributed by atoms with Crippen LogP contribution in [0.25, 0.3) is 21.7 Å². The third kappa shape index (κ3) is 1.52. The van der Waals surface area contributed by atoms with Crippen molar-refractivity contribution in [3.05, 3.63) is 41.6 Å². The quantitative estimate of drug-likeness (QED) is 0.573. The van der Waals surface area contributed by atoms with Crippen LogP contribution in [-0.4, -0.2) is 5.16 Å². The van der Waals surface area contributed by atoms with Gasteiger partial charge in [-0.1, -0.05) is 50.2 Å². The first kappa shape index (κ1) is 11.3. The lowest BCUT2D eigenvalue weighted by Crippen LogP contribution is -2.11. The Balaban J connectivity index is 2.54. The van der Waals surface area contributed by atoms with Crippen molar-refractivity contribution in [1.29, 1.82) is 0 Å². The molecule has 0 saturated heterocycles. The summed E-state index contributed by atoms with van der Waals surface area (Å²) in [5, 5.41) is 7.95. The fourth-order valence-electron chi connectivity index (χ4n) is 2.49. The normalized spacial score (nSPS) is 12.4. The van der Waals surface area contributed by atoms with Crippen LogP contribution in [0.3, 0.4) is 0 Å². The lowest BCUT2D eigenvalue weighted by molar-refractivity contribution is 0.419. The number of hydrogen-bond acceptors (Lipinski definition) is 2. The van der Waals surface area contributed by atoms with E-state index in [1.54, 1.807) is 0 Å². The van der Waals surface area contributed by atoms with Crippen LogP contribution in [0.5, 0.6) is 0 Å². The summed E-state index contributed by atoms with van der Waals surface area (Å²) in [5.74, 6) is 0. The third-order valence-corrected chi connectivity index (χ3v) is 3.40. The molecule has 92 valence electrons. The highest BCUT2D eigenvalue weighted by Gasteiger charge is 2.23. The second-order valence-corrected chi connectivity index (χ2v) is 5.89. The first-order chi connectivity index (χ1) is 8.48. The molecule has 0 bridgehead atoms. The summed E-state index contributed by atoms with van der Waals surface area (Å²) in [5.41, 5.74) is 3.14. The van der Waals surface area contributed by atoms with E-state index in [-0.39, 0.29) is 5.41 Å². The van der Waals surface area contributed by atoms with Gasteiger partial charge in [0.05, 0.1) is 11.1 Å². The molecule has 0 N–H and O–H groups in total. The average molecular weight is 239 g/mol. The number of rotatable bonds is 0. The molecule has 3 rings (SSSR count). The molecule has 0 aliphatic carbocycles. The number of nitrogens with zero attached hydrogens (tertiary/aromatic N) is 1. The predicted octanol–water partition coefficient (Wildman–Crippen LogP) is 4.59. The molecule has 0 aliphatic rings. The Morgan fingerprint density at radius 3 is 2.39 bits per heavy atom. The van der Waals surface area contributed by atoms with E-state index in [0.29, 0.717) is 0 Å². The van der Waals surface area contributed by atoms with Crippen molar-refractivity contribution in [1.82, 2.24) is 5.16 Å². The minimum atomic E-state index is -0.0106. The number of benzene rings is 2. The molecule has 0 fully saturated rings. The Morgan fingerprint density at radius 1 is 1.06 bits per heavy atom. The topological polar surface area (TPSA) is 26.0 Å². The van der Waals surface area contributed by atoms with Gasteiger partial charge in [-0.2, -0.15) is 0 Å². The highest BCUT2D eigenvalue weighted by Crippen LogP contribution is 2.35. The van der Waals surface area contributed by atoms with E-state index in [9.17, 15) is 0 Å². The minimum absolute atomic E-state index is 0.0106. The van der Waals surface area contributed by atoms with E-state index in [0.717, 1.165) is 16.7 Å². The minimum Gasteiger partial charge on any atom is -0.356 e. The van der Waals surface area contributed by atoms with Gasteiger partial charge in [0.2, 0.25) is 0 Å². The smallest absolute Gasteiger partial charge is 0.168 e. The summed E-state index contributed by atoms with van der Waals surface area (Å²) < 4.78 is 5.51. The van der Waals surface area contributed by atoms with Gasteiger partial charge in [0, 0.05) is 5.41 Å². The molecule has 0 spiro atoms. The van der Waals surface area contributed by atoms with E-state index in [4.69, 9.17) is 4.52 Å². The second-order valence-electron chi connectivity index (χ2n) is 5.89. The van der Waals surface area contributed by atoms with Crippen molar-refractivity contribution in [3.63, 3.8) is 0 Å². The van der Waals surface area contributed by atoms with E-state index >= 15 is 0 Å². The summed E-state index contributed by atoms with van der Waals surface area (Å²) in [7, 11) is 0. The van der Waals surface area contributed by atoms with Gasteiger partial charge in [-0.25, -0.2) is 0 Å². The SMILES string of the molecule is Cc1cc2onc(C(C)(C)C)c2c2ccccc12. The predicted molar refractivity (Wildman–Crippen MR) is 75.0 cm³/mol. The van der Waals surface area contributed by atoms with Gasteiger partial charge in [0.1, 0.15) is 0 Å². The first-order valence-electron chi connectivity index (χ1n) is 6.27. The molecule has 2 nitrogen and oxygen atoms in total. The molecule has 0 aliphatic heterocycles. The van der Waals surface area contributed by atoms with Gasteiger partial charge >= 0.3 is 0 Å². The van der Waals surface area contributed by atoms with Gasteiger partial charge in [-0.3, -0.25) is 0 Å². The van der Waals surface area contributed by atoms with Crippen LogP contribution in [0, 0.1) is 6.92 Å². The van der Waals surface area contributed by atoms with Crippen LogP contribution in [0.2, 0.25) is 0 Å². The maximum absolute atomic E-state index is 5.51. The van der Waals surface area contributed by atoms with Crippen LogP contribution in [-0.2, 0) is 5.41 Å². The molecule has 0 atom stereocenters. The standard InChI is InChI=1S/C16H17NO/c1-10-9-13-14(12-8-6-5-7-11(10)12)15(17-18-13)16(2,3)4/h5-9H,1-4H3. The van der Waals surface area contributed by atoms with Crippen LogP contribution in [0.4, 0.5) is 0 Å². The number of fused-ring (bicyclic) bond motifs is 3. The van der Waals surface area contributed by atoms with Crippen molar-refractivity contribution in [2.75, 3.05) is 0 Å². The molecule has 0 radical (unpaired) electrons. The van der Waals surface area contributed by atoms with Crippen molar-refractivity contribution in [3.8, 4) is 0 Å². The average Bonchev–Trinajstić information content (AvgIpc) is 2.73. The summed E-state index contributed by atoms with van der Waals surface area (Å²) in [6, 6.07) is 10.5. The molecule has 2 heteroatoms. The largest absolute Gasteiger partial charge is 0.356 e. The molecule has 0 saturated carbocycles. The lowest BCUT2D eigenvalue weighted by atomic mass is 9.88. The molecular weight excluding hydrogens is 222 g/mol. The highest BCUT2D eigenvalue weighted by atomic mass is 16.5. The molecular formula is C16H17NO. The van der Waals surface area contributed by atoms with Crippen LogP contribution in [0.15, 0.2) is 34.9 Å². The first-order valence-corrected chi connectivity index (χ1v) is 6.27. The van der Waals surface area contributed by atoms with Gasteiger partial charge in [-0.15, -0.1) is 0 Å². The molecule has 1 aromatic heterocycles. The zero-order chi connectivity index (χ0) is 12.9. The number of hydrogen-bond donors (Lipinski definition) is 0. The summed E-state index contributed by atoms with van der Waals surface area (Å²) in [6.45, 7) is 8.61. The highest BCUT2D eigenvalue weighted by molar-refractivity contribution is 6.08. The van der Waals surface area contributed by atoms with Gasteiger partial charge < -0.3 is 4.52 Å². The van der Waals surface area contributed by atoms with E-state index < -0.39 is 0 Å². The van der Waals surface area contributed by atoms with Crippen molar-refractivity contribution in [2.45, 2.75) is 33.1 Å². The Bertz CT molecular complexity index is 732. The molecule has 0 unspecified atom stereocenters. The third-order valence-electron chi connectivity index (χ3n) is 3.40. The Labute approximate surface area is 107 Å². The van der Waals surface area contributed by atoms with Crippen LogP contribution in [0.1, 0.15) is 32.0 Å². The van der Waals surface area contributed by atoms with Crippen molar-refractivity contribution in [2.24, 2.45) is 0 Å². The van der Waals surface area contributed by atoms with E-state index in [1.165, 1.54) is 16.3 Å². The molecule has 2 aromatic carbocycles. The van der Waals surface area contributed by atoms with E-state index in [2.05, 4.69) is 63.2 Å².